The summed E-state index contributed by atoms with van der Waals surface area (Å²) in [4.78, 5) is 0. The summed E-state index contributed by atoms with van der Waals surface area (Å²) in [6, 6.07) is 13.6. The van der Waals surface area contributed by atoms with E-state index in [9.17, 15) is 0 Å². The van der Waals surface area contributed by atoms with Crippen molar-refractivity contribution < 1.29 is 4.74 Å². The second-order valence-corrected chi connectivity index (χ2v) is 6.04. The number of benzene rings is 2. The highest BCUT2D eigenvalue weighted by atomic mass is 35.5. The van der Waals surface area contributed by atoms with Gasteiger partial charge in [-0.05, 0) is 42.8 Å². The van der Waals surface area contributed by atoms with Crippen LogP contribution in [0.2, 0.25) is 10.0 Å². The summed E-state index contributed by atoms with van der Waals surface area (Å²) in [7, 11) is 0. The lowest BCUT2D eigenvalue weighted by Crippen LogP contribution is -2.14. The van der Waals surface area contributed by atoms with E-state index in [-0.39, 0.29) is 0 Å². The molecule has 0 unspecified atom stereocenters. The van der Waals surface area contributed by atoms with E-state index in [2.05, 4.69) is 24.4 Å². The molecule has 0 saturated carbocycles. The molecule has 0 aromatic heterocycles. The molecule has 2 rings (SSSR count). The Morgan fingerprint density at radius 1 is 1.05 bits per heavy atom. The summed E-state index contributed by atoms with van der Waals surface area (Å²) in [5.74, 6) is 0.836. The Kier molecular flexibility index (Phi) is 7.04. The van der Waals surface area contributed by atoms with Crippen LogP contribution in [0, 0.1) is 0 Å². The van der Waals surface area contributed by atoms with Crippen LogP contribution in [0.25, 0.3) is 0 Å². The molecule has 22 heavy (non-hydrogen) atoms. The number of hydrogen-bond donors (Lipinski definition) is 1. The number of hydrogen-bond acceptors (Lipinski definition) is 2. The molecule has 0 saturated heterocycles. The molecule has 118 valence electrons. The normalized spacial score (nSPS) is 10.7. The molecule has 2 aromatic carbocycles. The molecule has 1 N–H and O–H groups in total. The SMILES string of the molecule is CCCCNCc1ccc(OCc2ccc(Cl)cc2Cl)cc1. The van der Waals surface area contributed by atoms with Crippen LogP contribution in [0.4, 0.5) is 0 Å². The Morgan fingerprint density at radius 2 is 1.82 bits per heavy atom. The van der Waals surface area contributed by atoms with Crippen LogP contribution >= 0.6 is 23.2 Å². The first-order valence-corrected chi connectivity index (χ1v) is 8.31. The Bertz CT molecular complexity index is 584. The first kappa shape index (κ1) is 17.1. The summed E-state index contributed by atoms with van der Waals surface area (Å²) in [5.41, 5.74) is 2.18. The largest absolute Gasteiger partial charge is 0.489 e. The van der Waals surface area contributed by atoms with Crippen molar-refractivity contribution in [2.75, 3.05) is 6.54 Å². The number of ether oxygens (including phenoxy) is 1. The first-order chi connectivity index (χ1) is 10.7. The molecule has 4 heteroatoms. The van der Waals surface area contributed by atoms with Crippen molar-refractivity contribution in [1.29, 1.82) is 0 Å². The van der Waals surface area contributed by atoms with Gasteiger partial charge in [-0.15, -0.1) is 0 Å². The van der Waals surface area contributed by atoms with Gasteiger partial charge in [0, 0.05) is 22.2 Å². The van der Waals surface area contributed by atoms with Crippen LogP contribution < -0.4 is 10.1 Å². The maximum Gasteiger partial charge on any atom is 0.119 e. The van der Waals surface area contributed by atoms with Gasteiger partial charge in [0.2, 0.25) is 0 Å². The maximum atomic E-state index is 6.13. The molecule has 0 amide bonds. The van der Waals surface area contributed by atoms with Crippen molar-refractivity contribution in [2.45, 2.75) is 32.9 Å². The van der Waals surface area contributed by atoms with Crippen LogP contribution in [0.5, 0.6) is 5.75 Å². The lowest BCUT2D eigenvalue weighted by molar-refractivity contribution is 0.306. The van der Waals surface area contributed by atoms with Gasteiger partial charge >= 0.3 is 0 Å². The molecule has 0 atom stereocenters. The monoisotopic (exact) mass is 337 g/mol. The lowest BCUT2D eigenvalue weighted by atomic mass is 10.2. The lowest BCUT2D eigenvalue weighted by Gasteiger charge is -2.09. The summed E-state index contributed by atoms with van der Waals surface area (Å²) in [6.07, 6.45) is 2.43. The quantitative estimate of drug-likeness (QED) is 0.645. The number of unbranched alkanes of at least 4 members (excludes halogenated alkanes) is 1. The van der Waals surface area contributed by atoms with Gasteiger partial charge in [-0.1, -0.05) is 54.7 Å². The fourth-order valence-electron chi connectivity index (χ4n) is 2.04. The van der Waals surface area contributed by atoms with E-state index in [1.54, 1.807) is 6.07 Å². The Morgan fingerprint density at radius 3 is 2.50 bits per heavy atom. The van der Waals surface area contributed by atoms with Crippen LogP contribution in [0.15, 0.2) is 42.5 Å². The van der Waals surface area contributed by atoms with Crippen LogP contribution in [0.1, 0.15) is 30.9 Å². The van der Waals surface area contributed by atoms with Gasteiger partial charge in [-0.25, -0.2) is 0 Å². The van der Waals surface area contributed by atoms with Crippen molar-refractivity contribution in [3.63, 3.8) is 0 Å². The van der Waals surface area contributed by atoms with Gasteiger partial charge in [0.1, 0.15) is 12.4 Å². The molecule has 0 radical (unpaired) electrons. The summed E-state index contributed by atoms with van der Waals surface area (Å²) in [6.45, 7) is 4.58. The van der Waals surface area contributed by atoms with E-state index >= 15 is 0 Å². The van der Waals surface area contributed by atoms with E-state index in [0.29, 0.717) is 16.7 Å². The second-order valence-electron chi connectivity index (χ2n) is 5.20. The summed E-state index contributed by atoms with van der Waals surface area (Å²) in [5, 5.41) is 4.68. The van der Waals surface area contributed by atoms with Crippen molar-refractivity contribution in [3.05, 3.63) is 63.6 Å². The third kappa shape index (κ3) is 5.53. The predicted molar refractivity (Wildman–Crippen MR) is 93.9 cm³/mol. The fourth-order valence-corrected chi connectivity index (χ4v) is 2.50. The number of nitrogens with one attached hydrogen (secondary N) is 1. The highest BCUT2D eigenvalue weighted by Gasteiger charge is 2.03. The maximum absolute atomic E-state index is 6.13. The number of rotatable bonds is 8. The van der Waals surface area contributed by atoms with Crippen molar-refractivity contribution in [3.8, 4) is 5.75 Å². The summed E-state index contributed by atoms with van der Waals surface area (Å²) < 4.78 is 5.76. The molecule has 0 aliphatic rings. The van der Waals surface area contributed by atoms with Gasteiger partial charge in [0.05, 0.1) is 0 Å². The molecular weight excluding hydrogens is 317 g/mol. The fraction of sp³-hybridized carbons (Fsp3) is 0.333. The van der Waals surface area contributed by atoms with Crippen LogP contribution in [-0.2, 0) is 13.2 Å². The zero-order valence-electron chi connectivity index (χ0n) is 12.7. The molecule has 2 aromatic rings. The minimum absolute atomic E-state index is 0.435. The minimum atomic E-state index is 0.435. The molecule has 2 nitrogen and oxygen atoms in total. The first-order valence-electron chi connectivity index (χ1n) is 7.55. The van der Waals surface area contributed by atoms with E-state index < -0.39 is 0 Å². The topological polar surface area (TPSA) is 21.3 Å². The molecule has 0 heterocycles. The van der Waals surface area contributed by atoms with Crippen molar-refractivity contribution in [2.24, 2.45) is 0 Å². The Hall–Kier alpha value is -1.22. The van der Waals surface area contributed by atoms with Crippen LogP contribution in [0.3, 0.4) is 0 Å². The predicted octanol–water partition coefficient (Wildman–Crippen LogP) is 5.46. The van der Waals surface area contributed by atoms with E-state index in [1.807, 2.05) is 24.3 Å². The molecule has 0 fully saturated rings. The molecule has 0 aliphatic carbocycles. The standard InChI is InChI=1S/C18H21Cl2NO/c1-2-3-10-21-12-14-4-8-17(9-5-14)22-13-15-6-7-16(19)11-18(15)20/h4-9,11,21H,2-3,10,12-13H2,1H3. The second kappa shape index (κ2) is 9.04. The minimum Gasteiger partial charge on any atom is -0.489 e. The molecular formula is C18H21Cl2NO. The zero-order valence-corrected chi connectivity index (χ0v) is 14.3. The third-order valence-corrected chi connectivity index (χ3v) is 3.96. The zero-order chi connectivity index (χ0) is 15.8. The van der Waals surface area contributed by atoms with E-state index in [4.69, 9.17) is 27.9 Å². The van der Waals surface area contributed by atoms with E-state index in [1.165, 1.54) is 18.4 Å². The Labute approximate surface area is 142 Å². The average molecular weight is 338 g/mol. The number of halogens is 2. The van der Waals surface area contributed by atoms with E-state index in [0.717, 1.165) is 24.4 Å². The van der Waals surface area contributed by atoms with Crippen molar-refractivity contribution in [1.82, 2.24) is 5.32 Å². The molecule has 0 aliphatic heterocycles. The summed E-state index contributed by atoms with van der Waals surface area (Å²) >= 11 is 12.0. The highest BCUT2D eigenvalue weighted by Crippen LogP contribution is 2.22. The van der Waals surface area contributed by atoms with Gasteiger partial charge in [0.25, 0.3) is 0 Å². The van der Waals surface area contributed by atoms with Gasteiger partial charge in [0.15, 0.2) is 0 Å². The average Bonchev–Trinajstić information content (AvgIpc) is 2.52. The molecule has 0 spiro atoms. The molecule has 0 bridgehead atoms. The Balaban J connectivity index is 1.83. The third-order valence-electron chi connectivity index (χ3n) is 3.37. The highest BCUT2D eigenvalue weighted by molar-refractivity contribution is 6.35. The van der Waals surface area contributed by atoms with Gasteiger partial charge in [-0.3, -0.25) is 0 Å². The van der Waals surface area contributed by atoms with Crippen molar-refractivity contribution >= 4 is 23.2 Å². The van der Waals surface area contributed by atoms with Gasteiger partial charge < -0.3 is 10.1 Å². The van der Waals surface area contributed by atoms with Crippen LogP contribution in [-0.4, -0.2) is 6.54 Å². The van der Waals surface area contributed by atoms with Gasteiger partial charge in [-0.2, -0.15) is 0 Å². The smallest absolute Gasteiger partial charge is 0.119 e.